The molecule has 1 unspecified atom stereocenters. The van der Waals surface area contributed by atoms with Gasteiger partial charge in [0.2, 0.25) is 0 Å². The number of hydrogen-bond donors (Lipinski definition) is 2. The highest BCUT2D eigenvalue weighted by molar-refractivity contribution is 7.81. The second-order valence-electron chi connectivity index (χ2n) is 1.70. The first-order valence-corrected chi connectivity index (χ1v) is 3.31. The van der Waals surface area contributed by atoms with E-state index in [-0.39, 0.29) is 5.25 Å². The molecule has 0 heterocycles. The smallest absolute Gasteiger partial charge is 0.0762 e. The maximum absolute atomic E-state index is 8.23. The number of aliphatic hydroxyl groups excluding tert-OH is 1. The van der Waals surface area contributed by atoms with Crippen LogP contribution in [0.15, 0.2) is 12.3 Å². The largest absolute Gasteiger partial charge is 0.516 e. The van der Waals surface area contributed by atoms with Crippen LogP contribution in [0.4, 0.5) is 0 Å². The van der Waals surface area contributed by atoms with Crippen LogP contribution in [-0.4, -0.2) is 10.4 Å². The minimum atomic E-state index is 0.227. The first-order chi connectivity index (χ1) is 3.81. The Balaban J connectivity index is 3.17. The van der Waals surface area contributed by atoms with E-state index in [2.05, 4.69) is 19.6 Å². The van der Waals surface area contributed by atoms with E-state index >= 15 is 0 Å². The maximum atomic E-state index is 8.23. The van der Waals surface area contributed by atoms with Crippen molar-refractivity contribution in [2.75, 3.05) is 0 Å². The second-order valence-corrected chi connectivity index (χ2v) is 2.36. The molecule has 0 aliphatic rings. The van der Waals surface area contributed by atoms with Crippen molar-refractivity contribution in [3.8, 4) is 0 Å². The molecule has 0 spiro atoms. The molecule has 0 fully saturated rings. The van der Waals surface area contributed by atoms with Crippen LogP contribution < -0.4 is 0 Å². The van der Waals surface area contributed by atoms with Crippen molar-refractivity contribution in [2.24, 2.45) is 0 Å². The number of rotatable bonds is 3. The van der Waals surface area contributed by atoms with Crippen LogP contribution in [0, 0.1) is 0 Å². The van der Waals surface area contributed by atoms with Crippen LogP contribution in [0.3, 0.4) is 0 Å². The van der Waals surface area contributed by atoms with Crippen LogP contribution in [0.25, 0.3) is 0 Å². The van der Waals surface area contributed by atoms with E-state index in [0.29, 0.717) is 0 Å². The third kappa shape index (κ3) is 4.06. The zero-order chi connectivity index (χ0) is 6.41. The van der Waals surface area contributed by atoms with Gasteiger partial charge in [-0.2, -0.15) is 12.6 Å². The van der Waals surface area contributed by atoms with Crippen molar-refractivity contribution in [2.45, 2.75) is 25.0 Å². The monoisotopic (exact) mass is 132 g/mol. The van der Waals surface area contributed by atoms with Gasteiger partial charge in [0.25, 0.3) is 0 Å². The molecule has 0 radical (unpaired) electrons. The highest BCUT2D eigenvalue weighted by Crippen LogP contribution is 2.04. The standard InChI is InChI=1S/C6H12OS/c1-2-3-6(8)4-5-7/h4-8H,2-3H2,1H3. The average molecular weight is 132 g/mol. The van der Waals surface area contributed by atoms with E-state index in [1.807, 2.05) is 0 Å². The molecule has 8 heavy (non-hydrogen) atoms. The molecule has 0 bridgehead atoms. The van der Waals surface area contributed by atoms with Crippen molar-refractivity contribution < 1.29 is 5.11 Å². The molecule has 48 valence electrons. The fourth-order valence-electron chi connectivity index (χ4n) is 0.491. The predicted molar refractivity (Wildman–Crippen MR) is 39.5 cm³/mol. The van der Waals surface area contributed by atoms with Gasteiger partial charge in [-0.1, -0.05) is 13.3 Å². The Morgan fingerprint density at radius 2 is 2.38 bits per heavy atom. The van der Waals surface area contributed by atoms with Gasteiger partial charge in [-0.3, -0.25) is 0 Å². The summed E-state index contributed by atoms with van der Waals surface area (Å²) in [4.78, 5) is 0. The molecule has 0 saturated carbocycles. The highest BCUT2D eigenvalue weighted by Gasteiger charge is 1.92. The predicted octanol–water partition coefficient (Wildman–Crippen LogP) is 2.16. The molecule has 0 saturated heterocycles. The minimum Gasteiger partial charge on any atom is -0.516 e. The van der Waals surface area contributed by atoms with Crippen molar-refractivity contribution in [1.82, 2.24) is 0 Å². The topological polar surface area (TPSA) is 20.2 Å². The first kappa shape index (κ1) is 7.89. The molecular weight excluding hydrogens is 120 g/mol. The van der Waals surface area contributed by atoms with Crippen LogP contribution in [0.1, 0.15) is 19.8 Å². The lowest BCUT2D eigenvalue weighted by Crippen LogP contribution is -1.90. The van der Waals surface area contributed by atoms with Gasteiger partial charge in [-0.05, 0) is 12.5 Å². The summed E-state index contributed by atoms with van der Waals surface area (Å²) in [5.41, 5.74) is 0. The summed E-state index contributed by atoms with van der Waals surface area (Å²) in [7, 11) is 0. The normalized spacial score (nSPS) is 14.8. The van der Waals surface area contributed by atoms with E-state index < -0.39 is 0 Å². The highest BCUT2D eigenvalue weighted by atomic mass is 32.1. The van der Waals surface area contributed by atoms with Gasteiger partial charge in [-0.25, -0.2) is 0 Å². The van der Waals surface area contributed by atoms with E-state index in [1.54, 1.807) is 6.08 Å². The van der Waals surface area contributed by atoms with Gasteiger partial charge in [0.15, 0.2) is 0 Å². The Kier molecular flexibility index (Phi) is 4.97. The van der Waals surface area contributed by atoms with Crippen LogP contribution >= 0.6 is 12.6 Å². The van der Waals surface area contributed by atoms with E-state index in [9.17, 15) is 0 Å². The van der Waals surface area contributed by atoms with E-state index in [4.69, 9.17) is 5.11 Å². The molecule has 0 amide bonds. The molecule has 0 rings (SSSR count). The second kappa shape index (κ2) is 5.04. The summed E-state index contributed by atoms with van der Waals surface area (Å²) in [6.07, 6.45) is 4.86. The van der Waals surface area contributed by atoms with Crippen molar-refractivity contribution >= 4 is 12.6 Å². The van der Waals surface area contributed by atoms with Crippen molar-refractivity contribution in [3.63, 3.8) is 0 Å². The molecule has 1 atom stereocenters. The van der Waals surface area contributed by atoms with Gasteiger partial charge in [0, 0.05) is 5.25 Å². The Morgan fingerprint density at radius 1 is 1.75 bits per heavy atom. The summed E-state index contributed by atoms with van der Waals surface area (Å²) in [6.45, 7) is 2.09. The van der Waals surface area contributed by atoms with Crippen molar-refractivity contribution in [1.29, 1.82) is 0 Å². The van der Waals surface area contributed by atoms with Crippen LogP contribution in [-0.2, 0) is 0 Å². The fourth-order valence-corrected chi connectivity index (χ4v) is 0.827. The van der Waals surface area contributed by atoms with Gasteiger partial charge in [-0.15, -0.1) is 0 Å². The number of hydrogen-bond acceptors (Lipinski definition) is 2. The molecule has 0 aromatic carbocycles. The average Bonchev–Trinajstić information content (AvgIpc) is 1.68. The zero-order valence-electron chi connectivity index (χ0n) is 5.04. The zero-order valence-corrected chi connectivity index (χ0v) is 5.94. The Morgan fingerprint density at radius 3 is 2.75 bits per heavy atom. The van der Waals surface area contributed by atoms with Gasteiger partial charge in [0.1, 0.15) is 0 Å². The number of aliphatic hydroxyl groups is 1. The lowest BCUT2D eigenvalue weighted by molar-refractivity contribution is 0.470. The lowest BCUT2D eigenvalue weighted by atomic mass is 10.2. The quantitative estimate of drug-likeness (QED) is 0.445. The lowest BCUT2D eigenvalue weighted by Gasteiger charge is -1.98. The molecule has 0 aromatic rings. The Labute approximate surface area is 55.8 Å². The minimum absolute atomic E-state index is 0.227. The summed E-state index contributed by atoms with van der Waals surface area (Å²) in [6, 6.07) is 0. The van der Waals surface area contributed by atoms with E-state index in [0.717, 1.165) is 19.1 Å². The van der Waals surface area contributed by atoms with E-state index in [1.165, 1.54) is 0 Å². The van der Waals surface area contributed by atoms with Gasteiger partial charge >= 0.3 is 0 Å². The van der Waals surface area contributed by atoms with Gasteiger partial charge in [0.05, 0.1) is 6.26 Å². The molecule has 0 aliphatic heterocycles. The van der Waals surface area contributed by atoms with Gasteiger partial charge < -0.3 is 5.11 Å². The summed E-state index contributed by atoms with van der Waals surface area (Å²) >= 11 is 4.14. The molecule has 1 nitrogen and oxygen atoms in total. The molecule has 2 heteroatoms. The maximum Gasteiger partial charge on any atom is 0.0762 e. The Bertz CT molecular complexity index is 70.9. The molecule has 0 aliphatic carbocycles. The molecular formula is C6H12OS. The third-order valence-corrected chi connectivity index (χ3v) is 1.32. The Hall–Kier alpha value is -0.110. The molecule has 0 aromatic heterocycles. The fraction of sp³-hybridized carbons (Fsp3) is 0.667. The summed E-state index contributed by atoms with van der Waals surface area (Å²) < 4.78 is 0. The SMILES string of the molecule is CCCC(S)C=CO. The summed E-state index contributed by atoms with van der Waals surface area (Å²) in [5, 5.41) is 8.46. The number of thiol groups is 1. The van der Waals surface area contributed by atoms with Crippen LogP contribution in [0.5, 0.6) is 0 Å². The first-order valence-electron chi connectivity index (χ1n) is 2.80. The van der Waals surface area contributed by atoms with Crippen LogP contribution in [0.2, 0.25) is 0 Å². The van der Waals surface area contributed by atoms with Crippen molar-refractivity contribution in [3.05, 3.63) is 12.3 Å². The third-order valence-electron chi connectivity index (χ3n) is 0.893. The molecule has 1 N–H and O–H groups in total. The summed E-state index contributed by atoms with van der Waals surface area (Å²) in [5.74, 6) is 0.